The van der Waals surface area contributed by atoms with Crippen molar-refractivity contribution < 1.29 is 13.5 Å². The van der Waals surface area contributed by atoms with Gasteiger partial charge >= 0.3 is 0 Å². The maximum absolute atomic E-state index is 12.9. The highest BCUT2D eigenvalue weighted by Gasteiger charge is 2.25. The van der Waals surface area contributed by atoms with Crippen LogP contribution in [0.3, 0.4) is 0 Å². The summed E-state index contributed by atoms with van der Waals surface area (Å²) in [4.78, 5) is 0. The van der Waals surface area contributed by atoms with E-state index in [9.17, 15) is 8.78 Å². The minimum Gasteiger partial charge on any atom is -0.372 e. The van der Waals surface area contributed by atoms with Crippen LogP contribution in [0, 0.1) is 5.92 Å². The zero-order valence-corrected chi connectivity index (χ0v) is 8.68. The topological polar surface area (TPSA) is 9.23 Å². The molecule has 0 aromatic rings. The van der Waals surface area contributed by atoms with Gasteiger partial charge in [-0.1, -0.05) is 19.9 Å². The predicted molar refractivity (Wildman–Crippen MR) is 50.0 cm³/mol. The monoisotopic (exact) mass is 192 g/mol. The molecule has 0 rings (SSSR count). The molecule has 0 bridgehead atoms. The first kappa shape index (κ1) is 12.6. The molecule has 78 valence electrons. The van der Waals surface area contributed by atoms with Crippen LogP contribution in [-0.2, 0) is 4.74 Å². The minimum absolute atomic E-state index is 0.143. The molecule has 0 amide bonds. The van der Waals surface area contributed by atoms with Crippen LogP contribution in [0.2, 0.25) is 0 Å². The Morgan fingerprint density at radius 3 is 2.15 bits per heavy atom. The third kappa shape index (κ3) is 7.91. The lowest BCUT2D eigenvalue weighted by atomic mass is 10.2. The summed E-state index contributed by atoms with van der Waals surface area (Å²) in [6.07, 6.45) is 2.25. The van der Waals surface area contributed by atoms with E-state index < -0.39 is 12.5 Å². The summed E-state index contributed by atoms with van der Waals surface area (Å²) in [5, 5.41) is 0. The highest BCUT2D eigenvalue weighted by Crippen LogP contribution is 2.17. The number of ether oxygens (including phenoxy) is 1. The first-order valence-corrected chi connectivity index (χ1v) is 4.52. The molecular weight excluding hydrogens is 174 g/mol. The van der Waals surface area contributed by atoms with Gasteiger partial charge in [0.1, 0.15) is 6.61 Å². The third-order valence-corrected chi connectivity index (χ3v) is 1.33. The Hall–Kier alpha value is -0.440. The van der Waals surface area contributed by atoms with Gasteiger partial charge in [-0.25, -0.2) is 0 Å². The number of hydrogen-bond donors (Lipinski definition) is 0. The molecule has 0 saturated carbocycles. The maximum Gasteiger partial charge on any atom is 0.289 e. The summed E-state index contributed by atoms with van der Waals surface area (Å²) < 4.78 is 30.7. The normalized spacial score (nSPS) is 13.5. The molecule has 1 nitrogen and oxygen atoms in total. The van der Waals surface area contributed by atoms with E-state index in [0.717, 1.165) is 6.08 Å². The smallest absolute Gasteiger partial charge is 0.289 e. The van der Waals surface area contributed by atoms with E-state index in [1.54, 1.807) is 13.8 Å². The number of hydrogen-bond acceptors (Lipinski definition) is 1. The van der Waals surface area contributed by atoms with E-state index in [1.165, 1.54) is 6.08 Å². The molecular formula is C10H18F2O. The Morgan fingerprint density at radius 1 is 1.23 bits per heavy atom. The quantitative estimate of drug-likeness (QED) is 0.607. The summed E-state index contributed by atoms with van der Waals surface area (Å²) in [6.45, 7) is 6.66. The van der Waals surface area contributed by atoms with Gasteiger partial charge in [-0.05, 0) is 25.8 Å². The molecule has 0 aromatic carbocycles. The van der Waals surface area contributed by atoms with E-state index in [1.807, 2.05) is 13.8 Å². The van der Waals surface area contributed by atoms with Crippen molar-refractivity contribution in [3.8, 4) is 0 Å². The molecule has 0 spiro atoms. The van der Waals surface area contributed by atoms with Crippen LogP contribution in [0.4, 0.5) is 8.78 Å². The molecule has 0 unspecified atom stereocenters. The molecule has 0 N–H and O–H groups in total. The van der Waals surface area contributed by atoms with Crippen molar-refractivity contribution in [3.63, 3.8) is 0 Å². The van der Waals surface area contributed by atoms with Gasteiger partial charge in [0.05, 0.1) is 6.10 Å². The number of rotatable bonds is 5. The van der Waals surface area contributed by atoms with E-state index in [2.05, 4.69) is 0 Å². The van der Waals surface area contributed by atoms with Crippen molar-refractivity contribution in [1.29, 1.82) is 0 Å². The summed E-state index contributed by atoms with van der Waals surface area (Å²) in [6, 6.07) is 0. The lowest BCUT2D eigenvalue weighted by molar-refractivity contribution is -0.0596. The zero-order chi connectivity index (χ0) is 10.5. The van der Waals surface area contributed by atoms with Crippen molar-refractivity contribution in [2.45, 2.75) is 39.7 Å². The SMILES string of the molecule is CC(C)/C=C/C(F)(F)COC(C)C. The van der Waals surface area contributed by atoms with Crippen molar-refractivity contribution in [3.05, 3.63) is 12.2 Å². The molecule has 0 aromatic heterocycles. The molecule has 0 heterocycles. The van der Waals surface area contributed by atoms with Gasteiger partial charge in [0, 0.05) is 0 Å². The lowest BCUT2D eigenvalue weighted by Crippen LogP contribution is -2.23. The van der Waals surface area contributed by atoms with E-state index in [0.29, 0.717) is 0 Å². The molecule has 0 aliphatic carbocycles. The van der Waals surface area contributed by atoms with Crippen molar-refractivity contribution in [2.75, 3.05) is 6.61 Å². The Labute approximate surface area is 78.8 Å². The summed E-state index contributed by atoms with van der Waals surface area (Å²) in [7, 11) is 0. The largest absolute Gasteiger partial charge is 0.372 e. The Balaban J connectivity index is 3.93. The fraction of sp³-hybridized carbons (Fsp3) is 0.800. The van der Waals surface area contributed by atoms with Gasteiger partial charge < -0.3 is 4.74 Å². The van der Waals surface area contributed by atoms with Crippen molar-refractivity contribution in [1.82, 2.24) is 0 Å². The van der Waals surface area contributed by atoms with Crippen molar-refractivity contribution in [2.24, 2.45) is 5.92 Å². The van der Waals surface area contributed by atoms with Gasteiger partial charge in [-0.15, -0.1) is 0 Å². The fourth-order valence-corrected chi connectivity index (χ4v) is 0.659. The molecule has 0 saturated heterocycles. The first-order valence-electron chi connectivity index (χ1n) is 4.52. The van der Waals surface area contributed by atoms with Crippen LogP contribution in [0.1, 0.15) is 27.7 Å². The van der Waals surface area contributed by atoms with E-state index >= 15 is 0 Å². The van der Waals surface area contributed by atoms with Crippen LogP contribution < -0.4 is 0 Å². The van der Waals surface area contributed by atoms with Crippen LogP contribution in [-0.4, -0.2) is 18.6 Å². The number of allylic oxidation sites excluding steroid dienone is 1. The van der Waals surface area contributed by atoms with Crippen LogP contribution in [0.15, 0.2) is 12.2 Å². The van der Waals surface area contributed by atoms with Gasteiger partial charge in [0.2, 0.25) is 0 Å². The fourth-order valence-electron chi connectivity index (χ4n) is 0.659. The van der Waals surface area contributed by atoms with Crippen LogP contribution in [0.5, 0.6) is 0 Å². The summed E-state index contributed by atoms with van der Waals surface area (Å²) in [5.74, 6) is -2.70. The lowest BCUT2D eigenvalue weighted by Gasteiger charge is -2.14. The molecule has 13 heavy (non-hydrogen) atoms. The second-order valence-corrected chi connectivity index (χ2v) is 3.72. The minimum atomic E-state index is -2.84. The third-order valence-electron chi connectivity index (χ3n) is 1.33. The van der Waals surface area contributed by atoms with Gasteiger partial charge in [-0.3, -0.25) is 0 Å². The second-order valence-electron chi connectivity index (χ2n) is 3.72. The first-order chi connectivity index (χ1) is 5.83. The molecule has 0 fully saturated rings. The van der Waals surface area contributed by atoms with Gasteiger partial charge in [0.25, 0.3) is 5.92 Å². The second kappa shape index (κ2) is 5.32. The Bertz CT molecular complexity index is 162. The van der Waals surface area contributed by atoms with Gasteiger partial charge in [0.15, 0.2) is 0 Å². The van der Waals surface area contributed by atoms with Crippen LogP contribution in [0.25, 0.3) is 0 Å². The van der Waals surface area contributed by atoms with Gasteiger partial charge in [-0.2, -0.15) is 8.78 Å². The predicted octanol–water partition coefficient (Wildman–Crippen LogP) is 3.26. The van der Waals surface area contributed by atoms with Crippen molar-refractivity contribution >= 4 is 0 Å². The summed E-state index contributed by atoms with van der Waals surface area (Å²) in [5.41, 5.74) is 0. The molecule has 3 heteroatoms. The van der Waals surface area contributed by atoms with E-state index in [4.69, 9.17) is 4.74 Å². The molecule has 0 radical (unpaired) electrons. The Kier molecular flexibility index (Phi) is 5.14. The highest BCUT2D eigenvalue weighted by atomic mass is 19.3. The standard InChI is InChI=1S/C10H18F2O/c1-8(2)5-6-10(11,12)7-13-9(3)4/h5-6,8-9H,7H2,1-4H3/b6-5+. The van der Waals surface area contributed by atoms with E-state index in [-0.39, 0.29) is 12.0 Å². The average Bonchev–Trinajstić information content (AvgIpc) is 1.98. The molecule has 0 aliphatic heterocycles. The maximum atomic E-state index is 12.9. The van der Waals surface area contributed by atoms with Crippen LogP contribution >= 0.6 is 0 Å². The Morgan fingerprint density at radius 2 is 1.77 bits per heavy atom. The molecule has 0 atom stereocenters. The summed E-state index contributed by atoms with van der Waals surface area (Å²) >= 11 is 0. The number of halogens is 2. The average molecular weight is 192 g/mol. The zero-order valence-electron chi connectivity index (χ0n) is 8.68. The molecule has 0 aliphatic rings. The number of alkyl halides is 2. The highest BCUT2D eigenvalue weighted by molar-refractivity contribution is 4.96.